The van der Waals surface area contributed by atoms with Gasteiger partial charge in [-0.05, 0) is 148 Å². The number of carboxylic acid groups (broad SMARTS) is 4. The van der Waals surface area contributed by atoms with E-state index in [1.54, 1.807) is 12.2 Å². The second-order valence-electron chi connectivity index (χ2n) is 21.3. The third-order valence-corrected chi connectivity index (χ3v) is 13.7. The maximum absolute atomic E-state index is 10.3. The maximum atomic E-state index is 10.3. The summed E-state index contributed by atoms with van der Waals surface area (Å²) in [5.74, 6) is -2.75. The van der Waals surface area contributed by atoms with Gasteiger partial charge in [0.25, 0.3) is 0 Å². The molecular weight excluding hydrogens is 1110 g/mol. The molecule has 83 heavy (non-hydrogen) atoms. The van der Waals surface area contributed by atoms with Crippen molar-refractivity contribution < 1.29 is 73.3 Å². The molecule has 0 aliphatic carbocycles. The molecule has 11 heteroatoms. The summed E-state index contributed by atoms with van der Waals surface area (Å²) in [5, 5.41) is 34.1. The van der Waals surface area contributed by atoms with Crippen LogP contribution in [0.5, 0.6) is 0 Å². The molecular formula is C72H131BBrNaO8. The summed E-state index contributed by atoms with van der Waals surface area (Å²) < 4.78 is 47.5. The van der Waals surface area contributed by atoms with Gasteiger partial charge in [-0.2, -0.15) is 0 Å². The Morgan fingerprint density at radius 1 is 0.349 bits per heavy atom. The molecule has 0 aliphatic heterocycles. The van der Waals surface area contributed by atoms with Crippen LogP contribution in [0.25, 0.3) is 0 Å². The van der Waals surface area contributed by atoms with E-state index < -0.39 is 38.5 Å². The summed E-state index contributed by atoms with van der Waals surface area (Å²) in [5.41, 5.74) is 0. The summed E-state index contributed by atoms with van der Waals surface area (Å²) in [4.78, 5) is 41.7. The number of allylic oxidation sites excluding steroid dienone is 16. The minimum atomic E-state index is -3.00. The minimum Gasteiger partial charge on any atom is -0.481 e. The van der Waals surface area contributed by atoms with Gasteiger partial charge in [-0.3, -0.25) is 19.2 Å². The third kappa shape index (κ3) is 105. The molecule has 0 heterocycles. The summed E-state index contributed by atoms with van der Waals surface area (Å²) in [6, 6.07) is 0. The molecule has 478 valence electrons. The van der Waals surface area contributed by atoms with E-state index >= 15 is 0 Å². The molecule has 0 aromatic carbocycles. The molecule has 0 rings (SSSR count). The Labute approximate surface area is 554 Å². The van der Waals surface area contributed by atoms with Gasteiger partial charge >= 0.3 is 53.4 Å². The van der Waals surface area contributed by atoms with E-state index in [0.717, 1.165) is 148 Å². The van der Waals surface area contributed by atoms with Crippen molar-refractivity contribution in [3.63, 3.8) is 0 Å². The number of unbranched alkanes of at least 4 members (excludes halogenated alkanes) is 32. The van der Waals surface area contributed by atoms with Crippen molar-refractivity contribution in [2.45, 2.75) is 334 Å². The number of carboxylic acids is 4. The monoisotopic (exact) mass is 1240 g/mol. The SMILES string of the molecule is CCCCC/C=C\C(Br)/C=C\CCCCCCCC(=O)O.CCCCC/C=C\C/C=C\CCCCCCCC(=O)O.[2H]C(/C=C\CCCCC)/C=C\CCCCCCCC(=O)O.[2H]C([2H])(/C=C\CCCCC)/C=C\CCCCCCCC(=O)O.[2H][B-]([2H])([2H])[2H].[Na+]. The molecule has 0 fully saturated rings. The molecule has 2 unspecified atom stereocenters. The van der Waals surface area contributed by atoms with Gasteiger partial charge in [0.2, 0.25) is 0 Å². The molecule has 0 bridgehead atoms. The largest absolute Gasteiger partial charge is 1.00 e. The van der Waals surface area contributed by atoms with Crippen LogP contribution < -0.4 is 29.6 Å². The van der Waals surface area contributed by atoms with Gasteiger partial charge in [-0.1, -0.05) is 278 Å². The van der Waals surface area contributed by atoms with Gasteiger partial charge < -0.3 is 20.4 Å². The summed E-state index contributed by atoms with van der Waals surface area (Å²) in [7, 11) is -3.00. The van der Waals surface area contributed by atoms with Crippen molar-refractivity contribution >= 4 is 48.1 Å². The average Bonchev–Trinajstić information content (AvgIpc) is 3.65. The van der Waals surface area contributed by atoms with Gasteiger partial charge in [0, 0.05) is 29.8 Å². The molecule has 8 nitrogen and oxygen atoms in total. The Bertz CT molecular complexity index is 1740. The van der Waals surface area contributed by atoms with E-state index in [2.05, 4.69) is 104 Å². The first-order valence-electron chi connectivity index (χ1n) is 36.7. The third-order valence-electron chi connectivity index (χ3n) is 13.1. The molecule has 0 aliphatic rings. The van der Waals surface area contributed by atoms with E-state index in [1.165, 1.54) is 116 Å². The number of aliphatic carboxylic acids is 4. The number of hydrogen-bond donors (Lipinski definition) is 4. The van der Waals surface area contributed by atoms with Gasteiger partial charge in [-0.15, -0.1) is 0 Å². The van der Waals surface area contributed by atoms with E-state index in [1.807, 2.05) is 24.3 Å². The fourth-order valence-corrected chi connectivity index (χ4v) is 8.55. The Hall–Kier alpha value is -2.66. The van der Waals surface area contributed by atoms with E-state index in [4.69, 9.17) is 29.9 Å². The predicted molar refractivity (Wildman–Crippen MR) is 367 cm³/mol. The molecule has 0 radical (unpaired) electrons. The van der Waals surface area contributed by atoms with Crippen molar-refractivity contribution in [2.75, 3.05) is 0 Å². The maximum Gasteiger partial charge on any atom is 1.00 e. The Morgan fingerprint density at radius 3 is 0.831 bits per heavy atom. The second-order valence-corrected chi connectivity index (χ2v) is 22.3. The molecule has 2 atom stereocenters. The van der Waals surface area contributed by atoms with Crippen LogP contribution in [-0.4, -0.2) is 62.7 Å². The van der Waals surface area contributed by atoms with Gasteiger partial charge in [0.15, 0.2) is 0 Å². The molecule has 0 amide bonds. The van der Waals surface area contributed by atoms with Crippen LogP contribution >= 0.6 is 15.9 Å². The Morgan fingerprint density at radius 2 is 0.566 bits per heavy atom. The summed E-state index contributed by atoms with van der Waals surface area (Å²) in [6.07, 6.45) is 78.8. The second kappa shape index (κ2) is 85.8. The number of hydrogen-bond acceptors (Lipinski definition) is 4. The predicted octanol–water partition coefficient (Wildman–Crippen LogP) is 19.5. The van der Waals surface area contributed by atoms with Gasteiger partial charge in [-0.25, -0.2) is 5.34 Å². The average molecular weight is 1250 g/mol. The van der Waals surface area contributed by atoms with Crippen molar-refractivity contribution in [3.05, 3.63) is 97.2 Å². The van der Waals surface area contributed by atoms with Crippen molar-refractivity contribution in [1.82, 2.24) is 0 Å². The first-order valence-corrected chi connectivity index (χ1v) is 33.7. The zero-order valence-electron chi connectivity index (χ0n) is 61.1. The minimum absolute atomic E-state index is 0. The standard InChI is InChI=1S/C18H31BrO2.3C18H32O2.BH4.Na/c1-2-3-4-8-11-14-17(19)15-12-9-6-5-7-10-13-16-18(20)21;3*1-2-3-4-5-6-7-8-9-10-11-12-13-14-15-16-17-18(19)20;;/h11-12,14-15,17H,2-10,13,16H2,1H3,(H,20,21);3*6-7,9-10H,2-5,8,11-17H2,1H3,(H,19,20);1H4;/q;;;;-1;+1/b14-11-,15-12-;3*7-6-,10-9-;;/i;8D2;8D;;1D4;. The number of rotatable bonds is 56. The van der Waals surface area contributed by atoms with Crippen LogP contribution in [0.2, 0.25) is 0 Å². The van der Waals surface area contributed by atoms with Crippen LogP contribution in [0.15, 0.2) is 97.2 Å². The molecule has 0 spiro atoms. The van der Waals surface area contributed by atoms with Crippen LogP contribution in [0, 0.1) is 0 Å². The normalized spacial score (nSPS) is 13.6. The zero-order valence-corrected chi connectivity index (χ0v) is 57.7. The van der Waals surface area contributed by atoms with Crippen molar-refractivity contribution in [3.8, 4) is 0 Å². The fourth-order valence-electron chi connectivity index (χ4n) is 8.12. The van der Waals surface area contributed by atoms with Crippen LogP contribution in [0.1, 0.15) is 334 Å². The zero-order chi connectivity index (χ0) is 67.6. The number of carbonyl (C=O) groups is 4. The van der Waals surface area contributed by atoms with E-state index in [0.29, 0.717) is 24.1 Å². The van der Waals surface area contributed by atoms with E-state index in [9.17, 15) is 19.2 Å². The molecule has 0 aromatic heterocycles. The molecule has 4 N–H and O–H groups in total. The van der Waals surface area contributed by atoms with Crippen LogP contribution in [0.4, 0.5) is 0 Å². The van der Waals surface area contributed by atoms with Crippen LogP contribution in [0.3, 0.4) is 0 Å². The molecule has 0 saturated carbocycles. The smallest absolute Gasteiger partial charge is 0.481 e. The fraction of sp³-hybridized carbons (Fsp3) is 0.722. The molecule has 0 saturated heterocycles. The Balaban J connectivity index is -0.000000253. The van der Waals surface area contributed by atoms with Crippen LogP contribution in [-0.2, 0) is 19.2 Å². The van der Waals surface area contributed by atoms with E-state index in [-0.39, 0.29) is 42.4 Å². The first kappa shape index (κ1) is 76.4. The summed E-state index contributed by atoms with van der Waals surface area (Å²) in [6.45, 7) is 8.83. The summed E-state index contributed by atoms with van der Waals surface area (Å²) >= 11 is 3.63. The first-order chi connectivity index (χ1) is 42.6. The molecule has 0 aromatic rings. The van der Waals surface area contributed by atoms with Gasteiger partial charge in [0.1, 0.15) is 0 Å². The topological polar surface area (TPSA) is 149 Å². The van der Waals surface area contributed by atoms with Gasteiger partial charge in [0.05, 0.1) is 4.83 Å². The number of alkyl halides is 1. The quantitative estimate of drug-likeness (QED) is 0.0204. The number of halogens is 1. The van der Waals surface area contributed by atoms with Crippen molar-refractivity contribution in [2.24, 2.45) is 0 Å². The van der Waals surface area contributed by atoms with Crippen molar-refractivity contribution in [1.29, 1.82) is 5.34 Å². The Kier molecular flexibility index (Phi) is 79.0.